The van der Waals surface area contributed by atoms with E-state index in [2.05, 4.69) is 0 Å². The lowest BCUT2D eigenvalue weighted by Gasteiger charge is -1.86. The summed E-state index contributed by atoms with van der Waals surface area (Å²) in [6.07, 6.45) is 0. The van der Waals surface area contributed by atoms with Crippen LogP contribution < -0.4 is 0 Å². The Hall–Kier alpha value is -0.890. The highest BCUT2D eigenvalue weighted by Gasteiger charge is 1.98. The molecule has 0 radical (unpaired) electrons. The third-order valence-electron chi connectivity index (χ3n) is 1.00. The predicted molar refractivity (Wildman–Crippen MR) is 39.1 cm³/mol. The van der Waals surface area contributed by atoms with E-state index in [4.69, 9.17) is 0 Å². The van der Waals surface area contributed by atoms with E-state index in [9.17, 15) is 9.18 Å². The number of hydrogen-bond acceptors (Lipinski definition) is 1. The largest absolute Gasteiger partial charge is 0.332 e. The van der Waals surface area contributed by atoms with Gasteiger partial charge in [-0.1, -0.05) is 18.2 Å². The standard InChI is InChI=1S/C7H5FO.ClH/c8-7(9)6-4-2-1-3-5-6;/h1-5H;1H. The summed E-state index contributed by atoms with van der Waals surface area (Å²) < 4.78 is 11.8. The highest BCUT2D eigenvalue weighted by Crippen LogP contribution is 1.98. The Morgan fingerprint density at radius 2 is 1.70 bits per heavy atom. The second-order valence-electron chi connectivity index (χ2n) is 1.64. The summed E-state index contributed by atoms with van der Waals surface area (Å²) >= 11 is 0. The summed E-state index contributed by atoms with van der Waals surface area (Å²) in [6, 6.07) is 6.45. The van der Waals surface area contributed by atoms with Crippen LogP contribution in [0.1, 0.15) is 10.4 Å². The highest BCUT2D eigenvalue weighted by atomic mass is 35.5. The molecule has 1 rings (SSSR count). The fourth-order valence-corrected chi connectivity index (χ4v) is 0.569. The van der Waals surface area contributed by atoms with Crippen LogP contribution in [0.25, 0.3) is 0 Å². The molecule has 10 heavy (non-hydrogen) atoms. The first-order valence-corrected chi connectivity index (χ1v) is 2.55. The van der Waals surface area contributed by atoms with E-state index in [1.807, 2.05) is 0 Å². The fraction of sp³-hybridized carbons (Fsp3) is 0. The number of rotatable bonds is 1. The predicted octanol–water partition coefficient (Wildman–Crippen LogP) is 2.22. The van der Waals surface area contributed by atoms with Crippen LogP contribution >= 0.6 is 12.4 Å². The van der Waals surface area contributed by atoms with Crippen molar-refractivity contribution in [2.24, 2.45) is 0 Å². The molecule has 0 spiro atoms. The van der Waals surface area contributed by atoms with Crippen LogP contribution in [0.3, 0.4) is 0 Å². The van der Waals surface area contributed by atoms with Crippen molar-refractivity contribution in [1.29, 1.82) is 0 Å². The Morgan fingerprint density at radius 3 is 2.00 bits per heavy atom. The molecule has 0 aromatic heterocycles. The first-order valence-electron chi connectivity index (χ1n) is 2.55. The van der Waals surface area contributed by atoms with Crippen LogP contribution in [0.4, 0.5) is 4.39 Å². The molecule has 3 heteroatoms. The second-order valence-corrected chi connectivity index (χ2v) is 1.64. The molecule has 0 saturated carbocycles. The third-order valence-corrected chi connectivity index (χ3v) is 1.00. The van der Waals surface area contributed by atoms with Gasteiger partial charge in [0.1, 0.15) is 0 Å². The summed E-state index contributed by atoms with van der Waals surface area (Å²) in [5, 5.41) is 0. The summed E-state index contributed by atoms with van der Waals surface area (Å²) in [5.74, 6) is 0. The number of carbonyl (C=O) groups excluding carboxylic acids is 1. The van der Waals surface area contributed by atoms with Crippen LogP contribution in [-0.2, 0) is 0 Å². The van der Waals surface area contributed by atoms with Crippen molar-refractivity contribution in [2.75, 3.05) is 0 Å². The maximum atomic E-state index is 11.8. The smallest absolute Gasteiger partial charge is 0.255 e. The number of hydrogen-bond donors (Lipinski definition) is 0. The minimum atomic E-state index is -1.38. The molecule has 0 heterocycles. The zero-order chi connectivity index (χ0) is 6.69. The van der Waals surface area contributed by atoms with Crippen molar-refractivity contribution < 1.29 is 9.18 Å². The molecule has 0 aliphatic carbocycles. The molecule has 0 bridgehead atoms. The van der Waals surface area contributed by atoms with Gasteiger partial charge in [-0.2, -0.15) is 4.39 Å². The Bertz CT molecular complexity index is 210. The molecule has 0 unspecified atom stereocenters. The Morgan fingerprint density at radius 1 is 1.20 bits per heavy atom. The lowest BCUT2D eigenvalue weighted by Crippen LogP contribution is -1.86. The van der Waals surface area contributed by atoms with E-state index in [-0.39, 0.29) is 18.0 Å². The van der Waals surface area contributed by atoms with Crippen LogP contribution in [0.2, 0.25) is 0 Å². The zero-order valence-corrected chi connectivity index (χ0v) is 5.90. The molecule has 0 saturated heterocycles. The molecule has 1 nitrogen and oxygen atoms in total. The molecule has 0 aliphatic heterocycles. The van der Waals surface area contributed by atoms with Crippen LogP contribution in [0.5, 0.6) is 0 Å². The SMILES string of the molecule is Cl.O=C(F)c1ccccc1. The van der Waals surface area contributed by atoms with Gasteiger partial charge in [0.25, 0.3) is 0 Å². The van der Waals surface area contributed by atoms with E-state index >= 15 is 0 Å². The Labute approximate surface area is 64.3 Å². The molecule has 0 amide bonds. The van der Waals surface area contributed by atoms with Crippen LogP contribution in [0, 0.1) is 0 Å². The quantitative estimate of drug-likeness (QED) is 0.576. The first-order chi connectivity index (χ1) is 4.30. The van der Waals surface area contributed by atoms with Gasteiger partial charge in [-0.3, -0.25) is 4.79 Å². The summed E-state index contributed by atoms with van der Waals surface area (Å²) in [6.45, 7) is 0. The van der Waals surface area contributed by atoms with Crippen LogP contribution in [0.15, 0.2) is 30.3 Å². The number of carbonyl (C=O) groups is 1. The van der Waals surface area contributed by atoms with Gasteiger partial charge in [0.05, 0.1) is 5.56 Å². The van der Waals surface area contributed by atoms with Crippen molar-refractivity contribution in [3.63, 3.8) is 0 Å². The summed E-state index contributed by atoms with van der Waals surface area (Å²) in [4.78, 5) is 9.98. The molecular weight excluding hydrogens is 155 g/mol. The topological polar surface area (TPSA) is 17.1 Å². The van der Waals surface area contributed by atoms with Gasteiger partial charge in [-0.15, -0.1) is 12.4 Å². The van der Waals surface area contributed by atoms with Crippen LogP contribution in [-0.4, -0.2) is 6.04 Å². The molecule has 1 aromatic rings. The van der Waals surface area contributed by atoms with Crippen molar-refractivity contribution in [1.82, 2.24) is 0 Å². The van der Waals surface area contributed by atoms with E-state index in [0.29, 0.717) is 0 Å². The van der Waals surface area contributed by atoms with Gasteiger partial charge < -0.3 is 0 Å². The summed E-state index contributed by atoms with van der Waals surface area (Å²) in [5.41, 5.74) is 0.109. The maximum Gasteiger partial charge on any atom is 0.332 e. The van der Waals surface area contributed by atoms with E-state index in [0.717, 1.165) is 0 Å². The lowest BCUT2D eigenvalue weighted by molar-refractivity contribution is 0.0836. The number of halogens is 2. The zero-order valence-electron chi connectivity index (χ0n) is 5.08. The van der Waals surface area contributed by atoms with Crippen molar-refractivity contribution in [2.45, 2.75) is 0 Å². The average molecular weight is 161 g/mol. The minimum Gasteiger partial charge on any atom is -0.255 e. The molecule has 0 aliphatic rings. The average Bonchev–Trinajstić information content (AvgIpc) is 1.90. The van der Waals surface area contributed by atoms with Gasteiger partial charge >= 0.3 is 6.04 Å². The van der Waals surface area contributed by atoms with Gasteiger partial charge in [0, 0.05) is 0 Å². The molecule has 54 valence electrons. The van der Waals surface area contributed by atoms with E-state index in [1.54, 1.807) is 18.2 Å². The first kappa shape index (κ1) is 9.11. The van der Waals surface area contributed by atoms with Gasteiger partial charge in [0.2, 0.25) is 0 Å². The monoisotopic (exact) mass is 160 g/mol. The van der Waals surface area contributed by atoms with Crippen molar-refractivity contribution in [3.05, 3.63) is 35.9 Å². The molecule has 0 N–H and O–H groups in total. The van der Waals surface area contributed by atoms with Gasteiger partial charge in [0.15, 0.2) is 0 Å². The third kappa shape index (κ3) is 2.15. The van der Waals surface area contributed by atoms with E-state index < -0.39 is 6.04 Å². The summed E-state index contributed by atoms with van der Waals surface area (Å²) in [7, 11) is 0. The van der Waals surface area contributed by atoms with Gasteiger partial charge in [-0.05, 0) is 12.1 Å². The van der Waals surface area contributed by atoms with Crippen molar-refractivity contribution >= 4 is 18.4 Å². The Kier molecular flexibility index (Phi) is 3.65. The maximum absolute atomic E-state index is 11.8. The molecule has 0 fully saturated rings. The molecular formula is C7H6ClFO. The lowest BCUT2D eigenvalue weighted by atomic mass is 10.2. The van der Waals surface area contributed by atoms with E-state index in [1.165, 1.54) is 12.1 Å². The molecule has 0 atom stereocenters. The molecule has 1 aromatic carbocycles. The van der Waals surface area contributed by atoms with Gasteiger partial charge in [-0.25, -0.2) is 0 Å². The highest BCUT2D eigenvalue weighted by molar-refractivity contribution is 5.88. The fourth-order valence-electron chi connectivity index (χ4n) is 0.569. The van der Waals surface area contributed by atoms with Crippen molar-refractivity contribution in [3.8, 4) is 0 Å². The normalized spacial score (nSPS) is 8.10. The Balaban J connectivity index is 0.000000810. The minimum absolute atomic E-state index is 0. The number of benzene rings is 1. The second kappa shape index (κ2) is 4.01.